The molecule has 1 aliphatic heterocycles. The average molecular weight is 271 g/mol. The third kappa shape index (κ3) is 1.47. The van der Waals surface area contributed by atoms with Crippen LogP contribution in [0.5, 0.6) is 0 Å². The minimum atomic E-state index is -0.325. The maximum atomic E-state index is 10.7. The number of aliphatic hydroxyl groups is 1. The molecule has 0 aromatic heterocycles. The third-order valence-corrected chi connectivity index (χ3v) is 5.59. The van der Waals surface area contributed by atoms with E-state index in [9.17, 15) is 5.11 Å². The van der Waals surface area contributed by atoms with E-state index >= 15 is 0 Å². The molecule has 106 valence electrons. The first-order chi connectivity index (χ1) is 9.73. The van der Waals surface area contributed by atoms with Gasteiger partial charge < -0.3 is 9.84 Å². The van der Waals surface area contributed by atoms with Crippen molar-refractivity contribution < 1.29 is 9.84 Å². The lowest BCUT2D eigenvalue weighted by molar-refractivity contribution is 0.0504. The van der Waals surface area contributed by atoms with Crippen molar-refractivity contribution in [3.63, 3.8) is 0 Å². The van der Waals surface area contributed by atoms with Gasteiger partial charge in [0, 0.05) is 0 Å². The minimum Gasteiger partial charge on any atom is -0.478 e. The van der Waals surface area contributed by atoms with Crippen LogP contribution < -0.4 is 0 Å². The molecule has 4 atom stereocenters. The highest BCUT2D eigenvalue weighted by Crippen LogP contribution is 2.56. The lowest BCUT2D eigenvalue weighted by Crippen LogP contribution is -2.47. The van der Waals surface area contributed by atoms with E-state index in [0.717, 1.165) is 30.8 Å². The third-order valence-electron chi connectivity index (χ3n) is 5.59. The molecule has 20 heavy (non-hydrogen) atoms. The number of fused-ring (bicyclic) bond motifs is 2. The van der Waals surface area contributed by atoms with E-state index in [-0.39, 0.29) is 11.5 Å². The molecular weight excluding hydrogens is 250 g/mol. The monoisotopic (exact) mass is 271 g/mol. The number of hydrogen-bond donors (Lipinski definition) is 1. The fraction of sp³-hybridized carbons (Fsp3) is 0.588. The Hall–Kier alpha value is -1.35. The van der Waals surface area contributed by atoms with Gasteiger partial charge >= 0.3 is 0 Å². The Balaban J connectivity index is 1.93. The zero-order valence-electron chi connectivity index (χ0n) is 11.9. The average Bonchev–Trinajstić information content (AvgIpc) is 3.16. The summed E-state index contributed by atoms with van der Waals surface area (Å²) in [5.41, 5.74) is 2.14. The number of benzene rings is 1. The molecule has 0 amide bonds. The molecule has 3 nitrogen and oxygen atoms in total. The van der Waals surface area contributed by atoms with Gasteiger partial charge in [-0.1, -0.05) is 30.7 Å². The number of aliphatic imine (C=N–C) groups is 1. The Labute approximate surface area is 119 Å². The van der Waals surface area contributed by atoms with E-state index in [1.807, 2.05) is 6.07 Å². The van der Waals surface area contributed by atoms with Crippen molar-refractivity contribution in [3.05, 3.63) is 35.4 Å². The van der Waals surface area contributed by atoms with Crippen molar-refractivity contribution in [1.82, 2.24) is 0 Å². The van der Waals surface area contributed by atoms with Crippen LogP contribution in [0.15, 0.2) is 29.3 Å². The van der Waals surface area contributed by atoms with Crippen LogP contribution in [-0.4, -0.2) is 24.2 Å². The Bertz CT molecular complexity index is 568. The summed E-state index contributed by atoms with van der Waals surface area (Å²) in [5.74, 6) is 1.69. The maximum absolute atomic E-state index is 10.7. The fourth-order valence-electron chi connectivity index (χ4n) is 4.66. The Morgan fingerprint density at radius 2 is 2.15 bits per heavy atom. The molecular formula is C17H21NO2. The van der Waals surface area contributed by atoms with Crippen molar-refractivity contribution in [2.75, 3.05) is 13.2 Å². The number of aliphatic hydroxyl groups excluding tert-OH is 1. The highest BCUT2D eigenvalue weighted by Gasteiger charge is 2.54. The number of ether oxygens (including phenoxy) is 1. The molecule has 1 aromatic carbocycles. The quantitative estimate of drug-likeness (QED) is 0.853. The van der Waals surface area contributed by atoms with Crippen molar-refractivity contribution in [3.8, 4) is 0 Å². The molecule has 3 heteroatoms. The lowest BCUT2D eigenvalue weighted by Gasteiger charge is -2.46. The highest BCUT2D eigenvalue weighted by atomic mass is 16.5. The second-order valence-electron chi connectivity index (χ2n) is 6.47. The molecule has 0 bridgehead atoms. The van der Waals surface area contributed by atoms with Crippen molar-refractivity contribution in [2.45, 2.75) is 37.7 Å². The molecule has 1 aromatic rings. The first-order valence-electron chi connectivity index (χ1n) is 7.68. The molecule has 0 saturated heterocycles. The fourth-order valence-corrected chi connectivity index (χ4v) is 4.66. The summed E-state index contributed by atoms with van der Waals surface area (Å²) in [4.78, 5) is 4.63. The second kappa shape index (κ2) is 4.32. The highest BCUT2D eigenvalue weighted by molar-refractivity contribution is 5.90. The van der Waals surface area contributed by atoms with Gasteiger partial charge in [0.05, 0.1) is 18.1 Å². The molecule has 3 aliphatic rings. The van der Waals surface area contributed by atoms with E-state index < -0.39 is 0 Å². The van der Waals surface area contributed by atoms with E-state index in [4.69, 9.17) is 4.74 Å². The SMILES string of the molecule is C[C@@]1(C2=NCCO2)c2ccccc2[C@@H](O)[C@@H]2CCC[C@@H]21. The van der Waals surface area contributed by atoms with Gasteiger partial charge in [-0.15, -0.1) is 0 Å². The standard InChI is InChI=1S/C17H21NO2/c1-17(16-18-9-10-20-16)13-7-3-2-5-11(13)15(19)12-6-4-8-14(12)17/h2-3,5,7,12,14-15,19H,4,6,8-10H2,1H3/t12-,14+,15-,17-/m1/s1. The summed E-state index contributed by atoms with van der Waals surface area (Å²) in [6, 6.07) is 8.31. The predicted molar refractivity (Wildman–Crippen MR) is 77.8 cm³/mol. The molecule has 1 heterocycles. The molecule has 0 spiro atoms. The van der Waals surface area contributed by atoms with Crippen LogP contribution in [0.1, 0.15) is 43.4 Å². The van der Waals surface area contributed by atoms with Gasteiger partial charge in [0.15, 0.2) is 5.90 Å². The number of rotatable bonds is 1. The van der Waals surface area contributed by atoms with Gasteiger partial charge in [-0.25, -0.2) is 0 Å². The molecule has 0 radical (unpaired) electrons. The summed E-state index contributed by atoms with van der Waals surface area (Å²) >= 11 is 0. The van der Waals surface area contributed by atoms with Crippen LogP contribution in [0.4, 0.5) is 0 Å². The van der Waals surface area contributed by atoms with Gasteiger partial charge in [-0.2, -0.15) is 0 Å². The van der Waals surface area contributed by atoms with E-state index in [2.05, 4.69) is 30.1 Å². The number of nitrogens with zero attached hydrogens (tertiary/aromatic N) is 1. The van der Waals surface area contributed by atoms with E-state index in [0.29, 0.717) is 18.4 Å². The molecule has 1 saturated carbocycles. The van der Waals surface area contributed by atoms with Crippen LogP contribution in [0.2, 0.25) is 0 Å². The molecule has 1 fully saturated rings. The summed E-state index contributed by atoms with van der Waals surface area (Å²) in [6.07, 6.45) is 3.15. The van der Waals surface area contributed by atoms with Gasteiger partial charge in [0.2, 0.25) is 0 Å². The topological polar surface area (TPSA) is 41.8 Å². The molecule has 2 aliphatic carbocycles. The zero-order chi connectivity index (χ0) is 13.7. The van der Waals surface area contributed by atoms with Gasteiger partial charge in [0.25, 0.3) is 0 Å². The van der Waals surface area contributed by atoms with Crippen LogP contribution >= 0.6 is 0 Å². The molecule has 1 N–H and O–H groups in total. The minimum absolute atomic E-state index is 0.159. The predicted octanol–water partition coefficient (Wildman–Crippen LogP) is 2.84. The summed E-state index contributed by atoms with van der Waals surface area (Å²) in [7, 11) is 0. The van der Waals surface area contributed by atoms with E-state index in [1.165, 1.54) is 12.0 Å². The Morgan fingerprint density at radius 1 is 1.30 bits per heavy atom. The zero-order valence-corrected chi connectivity index (χ0v) is 11.9. The van der Waals surface area contributed by atoms with Gasteiger partial charge in [0.1, 0.15) is 6.61 Å². The summed E-state index contributed by atoms with van der Waals surface area (Å²) in [6.45, 7) is 3.74. The first-order valence-corrected chi connectivity index (χ1v) is 7.68. The lowest BCUT2D eigenvalue weighted by atomic mass is 9.60. The van der Waals surface area contributed by atoms with Crippen molar-refractivity contribution in [2.24, 2.45) is 16.8 Å². The van der Waals surface area contributed by atoms with Gasteiger partial charge in [-0.05, 0) is 42.7 Å². The Morgan fingerprint density at radius 3 is 2.95 bits per heavy atom. The molecule has 4 rings (SSSR count). The van der Waals surface area contributed by atoms with Gasteiger partial charge in [-0.3, -0.25) is 4.99 Å². The first kappa shape index (κ1) is 12.4. The van der Waals surface area contributed by atoms with Crippen LogP contribution in [0.25, 0.3) is 0 Å². The summed E-state index contributed by atoms with van der Waals surface area (Å²) < 4.78 is 5.86. The summed E-state index contributed by atoms with van der Waals surface area (Å²) in [5, 5.41) is 10.7. The van der Waals surface area contributed by atoms with Crippen LogP contribution in [-0.2, 0) is 10.2 Å². The normalized spacial score (nSPS) is 38.9. The number of hydrogen-bond acceptors (Lipinski definition) is 3. The van der Waals surface area contributed by atoms with E-state index in [1.54, 1.807) is 0 Å². The maximum Gasteiger partial charge on any atom is 0.194 e. The largest absolute Gasteiger partial charge is 0.478 e. The van der Waals surface area contributed by atoms with Crippen LogP contribution in [0.3, 0.4) is 0 Å². The van der Waals surface area contributed by atoms with Crippen LogP contribution in [0, 0.1) is 11.8 Å². The van der Waals surface area contributed by atoms with Crippen molar-refractivity contribution >= 4 is 5.90 Å². The smallest absolute Gasteiger partial charge is 0.194 e. The Kier molecular flexibility index (Phi) is 2.68. The van der Waals surface area contributed by atoms with Crippen molar-refractivity contribution in [1.29, 1.82) is 0 Å². The molecule has 0 unspecified atom stereocenters. The second-order valence-corrected chi connectivity index (χ2v) is 6.47.